The molecule has 0 unspecified atom stereocenters. The lowest BCUT2D eigenvalue weighted by Gasteiger charge is -2.17. The van der Waals surface area contributed by atoms with Crippen LogP contribution in [0.15, 0.2) is 72.1 Å². The van der Waals surface area contributed by atoms with Crippen LogP contribution in [-0.2, 0) is 4.79 Å². The van der Waals surface area contributed by atoms with E-state index in [0.29, 0.717) is 11.6 Å². The smallest absolute Gasteiger partial charge is 0.275 e. The molecule has 5 heteroatoms. The first-order valence-corrected chi connectivity index (χ1v) is 9.86. The van der Waals surface area contributed by atoms with Crippen molar-refractivity contribution in [3.63, 3.8) is 0 Å². The Hall–Kier alpha value is -2.14. The van der Waals surface area contributed by atoms with Crippen molar-refractivity contribution in [2.75, 3.05) is 6.54 Å². The fraction of sp³-hybridized carbons (Fsp3) is 0.190. The van der Waals surface area contributed by atoms with Crippen LogP contribution in [0.25, 0.3) is 0 Å². The number of rotatable bonds is 7. The third-order valence-corrected chi connectivity index (χ3v) is 5.50. The Bertz CT molecular complexity index is 819. The molecule has 3 aromatic rings. The zero-order valence-corrected chi connectivity index (χ0v) is 16.1. The van der Waals surface area contributed by atoms with Gasteiger partial charge in [0, 0.05) is 10.6 Å². The molecule has 0 aliphatic carbocycles. The van der Waals surface area contributed by atoms with Crippen LogP contribution in [-0.4, -0.2) is 12.5 Å². The first-order chi connectivity index (χ1) is 12.6. The van der Waals surface area contributed by atoms with Gasteiger partial charge in [-0.05, 0) is 36.1 Å². The summed E-state index contributed by atoms with van der Waals surface area (Å²) in [5.74, 6) is 0.0185. The zero-order valence-electron chi connectivity index (χ0n) is 14.6. The van der Waals surface area contributed by atoms with Gasteiger partial charge in [0.15, 0.2) is 6.54 Å². The number of hydrogen-bond donors (Lipinski definition) is 2. The molecule has 26 heavy (non-hydrogen) atoms. The van der Waals surface area contributed by atoms with E-state index in [1.165, 1.54) is 10.4 Å². The highest BCUT2D eigenvalue weighted by molar-refractivity contribution is 7.10. The molecule has 0 aliphatic heterocycles. The van der Waals surface area contributed by atoms with Crippen molar-refractivity contribution in [2.45, 2.75) is 19.0 Å². The minimum absolute atomic E-state index is 0.0185. The summed E-state index contributed by atoms with van der Waals surface area (Å²) in [7, 11) is 0. The van der Waals surface area contributed by atoms with Gasteiger partial charge in [0.1, 0.15) is 6.04 Å². The molecule has 1 amide bonds. The lowest BCUT2D eigenvalue weighted by Crippen LogP contribution is -2.87. The van der Waals surface area contributed by atoms with Crippen LogP contribution >= 0.6 is 22.9 Å². The Morgan fingerprint density at radius 3 is 2.42 bits per heavy atom. The number of halogens is 1. The summed E-state index contributed by atoms with van der Waals surface area (Å²) in [4.78, 5) is 13.7. The van der Waals surface area contributed by atoms with E-state index in [-0.39, 0.29) is 18.0 Å². The fourth-order valence-electron chi connectivity index (χ4n) is 2.91. The molecule has 3 rings (SSSR count). The summed E-state index contributed by atoms with van der Waals surface area (Å²) in [6.45, 7) is 2.35. The van der Waals surface area contributed by atoms with Crippen LogP contribution in [0, 0.1) is 0 Å². The Kier molecular flexibility index (Phi) is 6.45. The maximum atomic E-state index is 12.4. The number of nitrogens with one attached hydrogen (secondary N) is 1. The minimum Gasteiger partial charge on any atom is -0.345 e. The molecule has 2 atom stereocenters. The fourth-order valence-corrected chi connectivity index (χ4v) is 3.88. The Balaban J connectivity index is 1.62. The van der Waals surface area contributed by atoms with E-state index < -0.39 is 0 Å². The van der Waals surface area contributed by atoms with E-state index in [0.717, 1.165) is 5.56 Å². The summed E-state index contributed by atoms with van der Waals surface area (Å²) < 4.78 is 0. The largest absolute Gasteiger partial charge is 0.345 e. The average Bonchev–Trinajstić information content (AvgIpc) is 3.17. The van der Waals surface area contributed by atoms with Crippen molar-refractivity contribution in [2.24, 2.45) is 0 Å². The van der Waals surface area contributed by atoms with Crippen LogP contribution < -0.4 is 10.6 Å². The van der Waals surface area contributed by atoms with Gasteiger partial charge in [-0.15, -0.1) is 11.3 Å². The van der Waals surface area contributed by atoms with E-state index in [1.54, 1.807) is 11.3 Å². The van der Waals surface area contributed by atoms with Gasteiger partial charge in [-0.1, -0.05) is 60.1 Å². The molecule has 0 spiro atoms. The molecular weight excluding hydrogens is 364 g/mol. The number of thiophene rings is 1. The molecule has 2 aromatic carbocycles. The maximum absolute atomic E-state index is 12.4. The number of amides is 1. The Morgan fingerprint density at radius 1 is 1.04 bits per heavy atom. The van der Waals surface area contributed by atoms with Crippen LogP contribution in [0.1, 0.15) is 35.0 Å². The molecule has 0 radical (unpaired) electrons. The van der Waals surface area contributed by atoms with E-state index in [9.17, 15) is 4.79 Å². The van der Waals surface area contributed by atoms with Crippen molar-refractivity contribution < 1.29 is 10.1 Å². The first-order valence-electron chi connectivity index (χ1n) is 8.60. The third-order valence-electron chi connectivity index (χ3n) is 4.29. The van der Waals surface area contributed by atoms with Crippen molar-refractivity contribution in [1.82, 2.24) is 5.32 Å². The Morgan fingerprint density at radius 2 is 1.77 bits per heavy atom. The van der Waals surface area contributed by atoms with Crippen molar-refractivity contribution in [1.29, 1.82) is 0 Å². The second-order valence-electron chi connectivity index (χ2n) is 6.18. The molecule has 1 aromatic heterocycles. The van der Waals surface area contributed by atoms with Crippen LogP contribution in [0.5, 0.6) is 0 Å². The van der Waals surface area contributed by atoms with E-state index in [4.69, 9.17) is 11.6 Å². The van der Waals surface area contributed by atoms with Gasteiger partial charge in [-0.3, -0.25) is 4.79 Å². The molecule has 134 valence electrons. The molecule has 1 heterocycles. The second-order valence-corrected chi connectivity index (χ2v) is 7.60. The quantitative estimate of drug-likeness (QED) is 0.636. The lowest BCUT2D eigenvalue weighted by molar-refractivity contribution is -0.676. The van der Waals surface area contributed by atoms with Crippen molar-refractivity contribution in [3.05, 3.63) is 93.1 Å². The predicted octanol–water partition coefficient (Wildman–Crippen LogP) is 3.93. The minimum atomic E-state index is -0.0509. The van der Waals surface area contributed by atoms with Gasteiger partial charge in [0.05, 0.1) is 10.9 Å². The van der Waals surface area contributed by atoms with Crippen LogP contribution in [0.2, 0.25) is 5.02 Å². The monoisotopic (exact) mass is 385 g/mol. The van der Waals surface area contributed by atoms with Crippen LogP contribution in [0.4, 0.5) is 0 Å². The summed E-state index contributed by atoms with van der Waals surface area (Å²) in [6, 6.07) is 22.1. The summed E-state index contributed by atoms with van der Waals surface area (Å²) in [5, 5.41) is 7.91. The molecule has 0 fully saturated rings. The van der Waals surface area contributed by atoms with E-state index in [1.807, 2.05) is 55.5 Å². The topological polar surface area (TPSA) is 45.7 Å². The Labute approximate surface area is 163 Å². The van der Waals surface area contributed by atoms with Gasteiger partial charge >= 0.3 is 0 Å². The highest BCUT2D eigenvalue weighted by Crippen LogP contribution is 2.22. The van der Waals surface area contributed by atoms with Gasteiger partial charge in [0.2, 0.25) is 0 Å². The summed E-state index contributed by atoms with van der Waals surface area (Å²) in [5.41, 5.74) is 2.24. The molecular formula is C21H22ClN2OS+. The lowest BCUT2D eigenvalue weighted by atomic mass is 10.1. The number of benzene rings is 2. The number of carbonyl (C=O) groups excluding carboxylic acids is 1. The van der Waals surface area contributed by atoms with Gasteiger partial charge in [0.25, 0.3) is 5.91 Å². The normalized spacial score (nSPS) is 13.2. The number of quaternary nitrogens is 1. The second kappa shape index (κ2) is 8.99. The SMILES string of the molecule is C[C@@H](NC(=O)C[NH2+][C@H](c1ccccc1)c1cccs1)c1ccc(Cl)cc1. The van der Waals surface area contributed by atoms with Gasteiger partial charge in [-0.2, -0.15) is 0 Å². The predicted molar refractivity (Wildman–Crippen MR) is 107 cm³/mol. The zero-order chi connectivity index (χ0) is 18.4. The average molecular weight is 386 g/mol. The van der Waals surface area contributed by atoms with Gasteiger partial charge in [-0.25, -0.2) is 0 Å². The van der Waals surface area contributed by atoms with Crippen molar-refractivity contribution >= 4 is 28.8 Å². The number of hydrogen-bond acceptors (Lipinski definition) is 2. The molecule has 0 aliphatic rings. The molecule has 0 saturated carbocycles. The van der Waals surface area contributed by atoms with Gasteiger partial charge < -0.3 is 10.6 Å². The highest BCUT2D eigenvalue weighted by Gasteiger charge is 2.20. The van der Waals surface area contributed by atoms with E-state index >= 15 is 0 Å². The summed E-state index contributed by atoms with van der Waals surface area (Å²) >= 11 is 7.64. The van der Waals surface area contributed by atoms with E-state index in [2.05, 4.69) is 34.2 Å². The number of nitrogens with two attached hydrogens (primary N) is 1. The number of carbonyl (C=O) groups is 1. The molecule has 3 N–H and O–H groups in total. The highest BCUT2D eigenvalue weighted by atomic mass is 35.5. The molecule has 3 nitrogen and oxygen atoms in total. The summed E-state index contributed by atoms with van der Waals surface area (Å²) in [6.07, 6.45) is 0. The molecule has 0 bridgehead atoms. The molecule has 0 saturated heterocycles. The standard InChI is InChI=1S/C21H21ClN2OS/c1-15(16-9-11-18(22)12-10-16)24-20(25)14-23-21(19-8-5-13-26-19)17-6-3-2-4-7-17/h2-13,15,21,23H,14H2,1H3,(H,24,25)/p+1/t15-,21-/m1/s1. The maximum Gasteiger partial charge on any atom is 0.275 e. The van der Waals surface area contributed by atoms with Crippen LogP contribution in [0.3, 0.4) is 0 Å². The third kappa shape index (κ3) is 4.94. The first kappa shape index (κ1) is 18.6. The van der Waals surface area contributed by atoms with Crippen molar-refractivity contribution in [3.8, 4) is 0 Å².